The predicted molar refractivity (Wildman–Crippen MR) is 93.2 cm³/mol. The van der Waals surface area contributed by atoms with Crippen LogP contribution in [0.25, 0.3) is 0 Å². The lowest BCUT2D eigenvalue weighted by atomic mass is 9.90. The van der Waals surface area contributed by atoms with E-state index in [-0.39, 0.29) is 24.0 Å². The van der Waals surface area contributed by atoms with E-state index in [4.69, 9.17) is 4.74 Å². The number of halogens is 1. The topological polar surface area (TPSA) is 67.4 Å². The molecule has 0 saturated heterocycles. The standard InChI is InChI=1S/C19H19FN2O3/c1-2-9-25-17-10-12(20)7-8-16(17)22-19(24)14-11-18(23)21-15-6-4-3-5-13(14)15/h3-8,10,14H,2,9,11H2,1H3,(H,21,23)(H,22,24). The van der Waals surface area contributed by atoms with Crippen LogP contribution < -0.4 is 15.4 Å². The molecule has 2 aromatic carbocycles. The number of hydrogen-bond donors (Lipinski definition) is 2. The van der Waals surface area contributed by atoms with Gasteiger partial charge in [0, 0.05) is 18.2 Å². The lowest BCUT2D eigenvalue weighted by Gasteiger charge is -2.25. The Labute approximate surface area is 145 Å². The highest BCUT2D eigenvalue weighted by Crippen LogP contribution is 2.34. The molecule has 1 heterocycles. The predicted octanol–water partition coefficient (Wildman–Crippen LogP) is 3.68. The van der Waals surface area contributed by atoms with Gasteiger partial charge >= 0.3 is 0 Å². The van der Waals surface area contributed by atoms with Gasteiger partial charge in [0.05, 0.1) is 18.2 Å². The molecule has 2 amide bonds. The first-order valence-electron chi connectivity index (χ1n) is 8.20. The second-order valence-electron chi connectivity index (χ2n) is 5.87. The van der Waals surface area contributed by atoms with Crippen LogP contribution >= 0.6 is 0 Å². The molecule has 0 saturated carbocycles. The highest BCUT2D eigenvalue weighted by atomic mass is 19.1. The van der Waals surface area contributed by atoms with Crippen molar-refractivity contribution in [3.05, 3.63) is 53.8 Å². The second kappa shape index (κ2) is 7.34. The summed E-state index contributed by atoms with van der Waals surface area (Å²) in [5.41, 5.74) is 1.79. The molecule has 0 spiro atoms. The third-order valence-electron chi connectivity index (χ3n) is 3.98. The average Bonchev–Trinajstić information content (AvgIpc) is 2.61. The van der Waals surface area contributed by atoms with Crippen molar-refractivity contribution < 1.29 is 18.7 Å². The first kappa shape index (κ1) is 17.0. The summed E-state index contributed by atoms with van der Waals surface area (Å²) in [6.45, 7) is 2.36. The Morgan fingerprint density at radius 3 is 2.92 bits per heavy atom. The number of carbonyl (C=O) groups is 2. The fraction of sp³-hybridized carbons (Fsp3) is 0.263. The zero-order valence-electron chi connectivity index (χ0n) is 13.8. The zero-order chi connectivity index (χ0) is 17.8. The number of rotatable bonds is 5. The van der Waals surface area contributed by atoms with Crippen molar-refractivity contribution in [3.63, 3.8) is 0 Å². The molecule has 6 heteroatoms. The van der Waals surface area contributed by atoms with Crippen LogP contribution in [0.5, 0.6) is 5.75 Å². The minimum Gasteiger partial charge on any atom is -0.491 e. The number of carbonyl (C=O) groups excluding carboxylic acids is 2. The Hall–Kier alpha value is -2.89. The van der Waals surface area contributed by atoms with Gasteiger partial charge in [-0.25, -0.2) is 4.39 Å². The maximum absolute atomic E-state index is 13.5. The van der Waals surface area contributed by atoms with Gasteiger partial charge in [0.2, 0.25) is 11.8 Å². The van der Waals surface area contributed by atoms with Crippen LogP contribution in [0.15, 0.2) is 42.5 Å². The largest absolute Gasteiger partial charge is 0.491 e. The maximum atomic E-state index is 13.5. The summed E-state index contributed by atoms with van der Waals surface area (Å²) in [5.74, 6) is -1.29. The summed E-state index contributed by atoms with van der Waals surface area (Å²) in [5, 5.41) is 5.53. The van der Waals surface area contributed by atoms with E-state index in [1.165, 1.54) is 18.2 Å². The normalized spacial score (nSPS) is 15.9. The number of amides is 2. The van der Waals surface area contributed by atoms with Crippen molar-refractivity contribution in [2.24, 2.45) is 0 Å². The van der Waals surface area contributed by atoms with Crippen molar-refractivity contribution in [1.82, 2.24) is 0 Å². The molecule has 1 atom stereocenters. The Bertz CT molecular complexity index is 807. The molecule has 0 fully saturated rings. The van der Waals surface area contributed by atoms with Crippen LogP contribution in [0.1, 0.15) is 31.2 Å². The van der Waals surface area contributed by atoms with Crippen LogP contribution in [0.4, 0.5) is 15.8 Å². The first-order valence-corrected chi connectivity index (χ1v) is 8.20. The molecule has 25 heavy (non-hydrogen) atoms. The maximum Gasteiger partial charge on any atom is 0.232 e. The second-order valence-corrected chi connectivity index (χ2v) is 5.87. The van der Waals surface area contributed by atoms with E-state index < -0.39 is 11.7 Å². The summed E-state index contributed by atoms with van der Waals surface area (Å²) in [7, 11) is 0. The molecule has 0 radical (unpaired) electrons. The van der Waals surface area contributed by atoms with Crippen molar-refractivity contribution in [2.75, 3.05) is 17.2 Å². The van der Waals surface area contributed by atoms with Crippen molar-refractivity contribution in [3.8, 4) is 5.75 Å². The molecule has 3 rings (SSSR count). The fourth-order valence-corrected chi connectivity index (χ4v) is 2.80. The summed E-state index contributed by atoms with van der Waals surface area (Å²) in [6, 6.07) is 11.2. The minimum absolute atomic E-state index is 0.0647. The summed E-state index contributed by atoms with van der Waals surface area (Å²) < 4.78 is 19.0. The Morgan fingerprint density at radius 1 is 1.32 bits per heavy atom. The van der Waals surface area contributed by atoms with Gasteiger partial charge in [-0.05, 0) is 30.2 Å². The summed E-state index contributed by atoms with van der Waals surface area (Å²) >= 11 is 0. The van der Waals surface area contributed by atoms with Gasteiger partial charge in [-0.1, -0.05) is 25.1 Å². The Balaban J connectivity index is 1.84. The Kier molecular flexibility index (Phi) is 4.97. The van der Waals surface area contributed by atoms with E-state index in [0.717, 1.165) is 12.0 Å². The fourth-order valence-electron chi connectivity index (χ4n) is 2.80. The van der Waals surface area contributed by atoms with Gasteiger partial charge in [-0.3, -0.25) is 9.59 Å². The van der Waals surface area contributed by atoms with E-state index in [1.807, 2.05) is 19.1 Å². The summed E-state index contributed by atoms with van der Waals surface area (Å²) in [4.78, 5) is 24.6. The zero-order valence-corrected chi connectivity index (χ0v) is 13.8. The third kappa shape index (κ3) is 3.79. The van der Waals surface area contributed by atoms with E-state index in [2.05, 4.69) is 10.6 Å². The van der Waals surface area contributed by atoms with Crippen LogP contribution in [-0.2, 0) is 9.59 Å². The molecule has 0 bridgehead atoms. The molecule has 5 nitrogen and oxygen atoms in total. The molecule has 0 aliphatic carbocycles. The van der Waals surface area contributed by atoms with Crippen LogP contribution in [-0.4, -0.2) is 18.4 Å². The molecular weight excluding hydrogens is 323 g/mol. The molecule has 1 aliphatic rings. The highest BCUT2D eigenvalue weighted by Gasteiger charge is 2.30. The number of fused-ring (bicyclic) bond motifs is 1. The molecule has 2 N–H and O–H groups in total. The van der Waals surface area contributed by atoms with Crippen molar-refractivity contribution in [2.45, 2.75) is 25.7 Å². The van der Waals surface area contributed by atoms with Crippen molar-refractivity contribution in [1.29, 1.82) is 0 Å². The number of hydrogen-bond acceptors (Lipinski definition) is 3. The van der Waals surface area contributed by atoms with Crippen LogP contribution in [0.3, 0.4) is 0 Å². The van der Waals surface area contributed by atoms with Crippen LogP contribution in [0.2, 0.25) is 0 Å². The number of benzene rings is 2. The van der Waals surface area contributed by atoms with Crippen LogP contribution in [0, 0.1) is 5.82 Å². The van der Waals surface area contributed by atoms with Gasteiger partial charge in [0.15, 0.2) is 0 Å². The third-order valence-corrected chi connectivity index (χ3v) is 3.98. The molecule has 1 unspecified atom stereocenters. The van der Waals surface area contributed by atoms with E-state index in [0.29, 0.717) is 18.0 Å². The number of ether oxygens (including phenoxy) is 1. The quantitative estimate of drug-likeness (QED) is 0.871. The lowest BCUT2D eigenvalue weighted by Crippen LogP contribution is -2.30. The van der Waals surface area contributed by atoms with Crippen molar-refractivity contribution >= 4 is 23.2 Å². The molecule has 130 valence electrons. The SMILES string of the molecule is CCCOc1cc(F)ccc1NC(=O)C1CC(=O)Nc2ccccc21. The molecule has 0 aromatic heterocycles. The monoisotopic (exact) mass is 342 g/mol. The van der Waals surface area contributed by atoms with Gasteiger partial charge in [0.1, 0.15) is 11.6 Å². The number of para-hydroxylation sites is 1. The van der Waals surface area contributed by atoms with Gasteiger partial charge < -0.3 is 15.4 Å². The summed E-state index contributed by atoms with van der Waals surface area (Å²) in [6.07, 6.45) is 0.829. The number of anilines is 2. The van der Waals surface area contributed by atoms with Gasteiger partial charge in [0.25, 0.3) is 0 Å². The molecule has 1 aliphatic heterocycles. The average molecular weight is 342 g/mol. The van der Waals surface area contributed by atoms with E-state index >= 15 is 0 Å². The Morgan fingerprint density at radius 2 is 2.12 bits per heavy atom. The van der Waals surface area contributed by atoms with E-state index in [1.54, 1.807) is 12.1 Å². The minimum atomic E-state index is -0.603. The molecular formula is C19H19FN2O3. The van der Waals surface area contributed by atoms with Gasteiger partial charge in [-0.2, -0.15) is 0 Å². The van der Waals surface area contributed by atoms with Gasteiger partial charge in [-0.15, -0.1) is 0 Å². The van der Waals surface area contributed by atoms with E-state index in [9.17, 15) is 14.0 Å². The molecule has 2 aromatic rings. The first-order chi connectivity index (χ1) is 12.1. The highest BCUT2D eigenvalue weighted by molar-refractivity contribution is 6.05. The smallest absolute Gasteiger partial charge is 0.232 e. The number of nitrogens with one attached hydrogen (secondary N) is 2. The lowest BCUT2D eigenvalue weighted by molar-refractivity contribution is -0.123.